The molecule has 0 aromatic carbocycles. The molecule has 1 saturated heterocycles. The first-order valence-electron chi connectivity index (χ1n) is 3.80. The third-order valence-corrected chi connectivity index (χ3v) is 1.93. The van der Waals surface area contributed by atoms with Gasteiger partial charge in [-0.25, -0.2) is 4.58 Å². The van der Waals surface area contributed by atoms with E-state index in [9.17, 15) is 0 Å². The molecular weight excluding hydrogens is 126 g/mol. The molecule has 1 fully saturated rings. The van der Waals surface area contributed by atoms with E-state index < -0.39 is 0 Å². The zero-order valence-electron chi connectivity index (χ0n) is 6.76. The molecule has 1 radical (unpaired) electrons. The molecule has 0 spiro atoms. The van der Waals surface area contributed by atoms with Gasteiger partial charge in [0.1, 0.15) is 13.2 Å². The molecule has 0 saturated carbocycles. The summed E-state index contributed by atoms with van der Waals surface area (Å²) in [5, 5.41) is 0. The molecule has 10 heavy (non-hydrogen) atoms. The van der Waals surface area contributed by atoms with Crippen LogP contribution in [-0.4, -0.2) is 36.6 Å². The number of nitrogens with zero attached hydrogens (tertiary/aromatic N) is 1. The SMILES string of the molecule is C[CH]C(C)=[N+]1CCOCC1. The first kappa shape index (κ1) is 7.73. The van der Waals surface area contributed by atoms with Crippen molar-refractivity contribution in [2.75, 3.05) is 26.3 Å². The van der Waals surface area contributed by atoms with Crippen LogP contribution in [0.15, 0.2) is 0 Å². The zero-order chi connectivity index (χ0) is 7.40. The first-order chi connectivity index (χ1) is 4.84. The molecule has 0 aromatic heterocycles. The first-order valence-corrected chi connectivity index (χ1v) is 3.80. The molecule has 0 bridgehead atoms. The summed E-state index contributed by atoms with van der Waals surface area (Å²) >= 11 is 0. The van der Waals surface area contributed by atoms with Crippen molar-refractivity contribution in [3.05, 3.63) is 6.42 Å². The van der Waals surface area contributed by atoms with Crippen molar-refractivity contribution in [3.8, 4) is 0 Å². The van der Waals surface area contributed by atoms with E-state index in [2.05, 4.69) is 24.8 Å². The molecule has 1 rings (SSSR count). The minimum Gasteiger partial charge on any atom is -0.368 e. The van der Waals surface area contributed by atoms with Gasteiger partial charge in [-0.05, 0) is 0 Å². The number of rotatable bonds is 1. The van der Waals surface area contributed by atoms with Crippen molar-refractivity contribution >= 4 is 5.71 Å². The fourth-order valence-corrected chi connectivity index (χ4v) is 1.10. The maximum atomic E-state index is 5.23. The Morgan fingerprint density at radius 1 is 1.40 bits per heavy atom. The monoisotopic (exact) mass is 141 g/mol. The van der Waals surface area contributed by atoms with Crippen molar-refractivity contribution in [3.63, 3.8) is 0 Å². The van der Waals surface area contributed by atoms with Crippen molar-refractivity contribution in [1.82, 2.24) is 0 Å². The molecule has 57 valence electrons. The Morgan fingerprint density at radius 3 is 2.50 bits per heavy atom. The van der Waals surface area contributed by atoms with E-state index in [-0.39, 0.29) is 0 Å². The van der Waals surface area contributed by atoms with E-state index >= 15 is 0 Å². The van der Waals surface area contributed by atoms with E-state index in [1.165, 1.54) is 5.71 Å². The van der Waals surface area contributed by atoms with Gasteiger partial charge in [0.05, 0.1) is 0 Å². The quantitative estimate of drug-likeness (QED) is 0.490. The van der Waals surface area contributed by atoms with Crippen LogP contribution in [0.1, 0.15) is 13.8 Å². The highest BCUT2D eigenvalue weighted by Gasteiger charge is 2.12. The Bertz CT molecular complexity index is 132. The molecule has 0 N–H and O–H groups in total. The summed E-state index contributed by atoms with van der Waals surface area (Å²) in [6.45, 7) is 8.08. The van der Waals surface area contributed by atoms with Gasteiger partial charge < -0.3 is 4.74 Å². The van der Waals surface area contributed by atoms with Crippen LogP contribution in [0.3, 0.4) is 0 Å². The van der Waals surface area contributed by atoms with E-state index in [1.54, 1.807) is 0 Å². The molecule has 1 heterocycles. The molecule has 0 unspecified atom stereocenters. The Labute approximate surface area is 62.5 Å². The van der Waals surface area contributed by atoms with Gasteiger partial charge in [0, 0.05) is 13.3 Å². The molecule has 1 aliphatic heterocycles. The van der Waals surface area contributed by atoms with Crippen LogP contribution in [0.5, 0.6) is 0 Å². The lowest BCUT2D eigenvalue weighted by Crippen LogP contribution is -2.32. The number of hydrogen-bond donors (Lipinski definition) is 0. The van der Waals surface area contributed by atoms with Gasteiger partial charge in [-0.1, -0.05) is 6.92 Å². The highest BCUT2D eigenvalue weighted by molar-refractivity contribution is 5.85. The predicted molar refractivity (Wildman–Crippen MR) is 41.5 cm³/mol. The van der Waals surface area contributed by atoms with Crippen LogP contribution in [0, 0.1) is 6.42 Å². The van der Waals surface area contributed by atoms with Crippen molar-refractivity contribution in [1.29, 1.82) is 0 Å². The van der Waals surface area contributed by atoms with Crippen molar-refractivity contribution < 1.29 is 9.31 Å². The minimum atomic E-state index is 0.880. The normalized spacial score (nSPS) is 19.2. The highest BCUT2D eigenvalue weighted by Crippen LogP contribution is 1.92. The third kappa shape index (κ3) is 1.81. The Balaban J connectivity index is 2.51. The average molecular weight is 141 g/mol. The molecule has 1 aliphatic rings. The van der Waals surface area contributed by atoms with Crippen LogP contribution in [0.4, 0.5) is 0 Å². The van der Waals surface area contributed by atoms with E-state index in [4.69, 9.17) is 4.74 Å². The summed E-state index contributed by atoms with van der Waals surface area (Å²) in [5.41, 5.74) is 1.36. The van der Waals surface area contributed by atoms with Gasteiger partial charge in [-0.3, -0.25) is 0 Å². The summed E-state index contributed by atoms with van der Waals surface area (Å²) in [5.74, 6) is 0. The maximum absolute atomic E-state index is 5.23. The molecule has 2 nitrogen and oxygen atoms in total. The highest BCUT2D eigenvalue weighted by atomic mass is 16.5. The van der Waals surface area contributed by atoms with Gasteiger partial charge >= 0.3 is 0 Å². The molecule has 0 atom stereocenters. The summed E-state index contributed by atoms with van der Waals surface area (Å²) in [4.78, 5) is 0. The van der Waals surface area contributed by atoms with Crippen molar-refractivity contribution in [2.45, 2.75) is 13.8 Å². The second-order valence-corrected chi connectivity index (χ2v) is 2.53. The molecule has 0 aromatic rings. The van der Waals surface area contributed by atoms with Crippen LogP contribution in [0.25, 0.3) is 0 Å². The van der Waals surface area contributed by atoms with Gasteiger partial charge in [-0.15, -0.1) is 0 Å². The van der Waals surface area contributed by atoms with Crippen LogP contribution in [-0.2, 0) is 4.74 Å². The zero-order valence-corrected chi connectivity index (χ0v) is 6.76. The lowest BCUT2D eigenvalue weighted by atomic mass is 10.3. The largest absolute Gasteiger partial charge is 0.368 e. The number of hydrogen-bond acceptors (Lipinski definition) is 1. The Morgan fingerprint density at radius 2 is 2.00 bits per heavy atom. The summed E-state index contributed by atoms with van der Waals surface area (Å²) < 4.78 is 7.58. The van der Waals surface area contributed by atoms with Crippen LogP contribution in [0.2, 0.25) is 0 Å². The van der Waals surface area contributed by atoms with Crippen molar-refractivity contribution in [2.24, 2.45) is 0 Å². The Kier molecular flexibility index (Phi) is 2.87. The fraction of sp³-hybridized carbons (Fsp3) is 0.750. The maximum Gasteiger partial charge on any atom is 0.166 e. The minimum absolute atomic E-state index is 0.880. The van der Waals surface area contributed by atoms with E-state index in [1.807, 2.05) is 0 Å². The number of ether oxygens (including phenoxy) is 1. The van der Waals surface area contributed by atoms with Gasteiger partial charge in [0.25, 0.3) is 0 Å². The lowest BCUT2D eigenvalue weighted by Gasteiger charge is -2.12. The van der Waals surface area contributed by atoms with Crippen LogP contribution >= 0.6 is 0 Å². The predicted octanol–water partition coefficient (Wildman–Crippen LogP) is 0.714. The summed E-state index contributed by atoms with van der Waals surface area (Å²) in [7, 11) is 0. The molecule has 0 aliphatic carbocycles. The third-order valence-electron chi connectivity index (χ3n) is 1.93. The lowest BCUT2D eigenvalue weighted by molar-refractivity contribution is -0.549. The van der Waals surface area contributed by atoms with E-state index in [0.29, 0.717) is 0 Å². The molecular formula is C8H15NO+. The summed E-state index contributed by atoms with van der Waals surface area (Å²) in [6, 6.07) is 0. The number of morpholine rings is 1. The van der Waals surface area contributed by atoms with E-state index in [0.717, 1.165) is 26.3 Å². The molecule has 0 amide bonds. The topological polar surface area (TPSA) is 12.2 Å². The second kappa shape index (κ2) is 3.71. The molecule has 2 heteroatoms. The Hall–Kier alpha value is -0.370. The second-order valence-electron chi connectivity index (χ2n) is 2.53. The average Bonchev–Trinajstić information content (AvgIpc) is 2.05. The fourth-order valence-electron chi connectivity index (χ4n) is 1.10. The van der Waals surface area contributed by atoms with Crippen LogP contribution < -0.4 is 0 Å². The van der Waals surface area contributed by atoms with Gasteiger partial charge in [0.2, 0.25) is 0 Å². The van der Waals surface area contributed by atoms with Gasteiger partial charge in [0.15, 0.2) is 18.8 Å². The van der Waals surface area contributed by atoms with Gasteiger partial charge in [-0.2, -0.15) is 0 Å². The smallest absolute Gasteiger partial charge is 0.166 e. The summed E-state index contributed by atoms with van der Waals surface area (Å²) in [6.07, 6.45) is 2.14. The standard InChI is InChI=1S/C8H15NO/c1-3-8(2)9-4-6-10-7-5-9/h3H,4-7H2,1-2H3/q+1.